The SMILES string of the molecule is CCCCCCCNS(=O)(=O)CC. The number of hydrogen-bond acceptors (Lipinski definition) is 2. The molecule has 0 amide bonds. The molecule has 0 aromatic carbocycles. The zero-order valence-corrected chi connectivity index (χ0v) is 9.49. The zero-order valence-electron chi connectivity index (χ0n) is 8.67. The largest absolute Gasteiger partial charge is 0.215 e. The van der Waals surface area contributed by atoms with E-state index in [0.29, 0.717) is 6.54 Å². The fourth-order valence-corrected chi connectivity index (χ4v) is 1.72. The van der Waals surface area contributed by atoms with Crippen molar-refractivity contribution in [1.29, 1.82) is 0 Å². The Balaban J connectivity index is 3.26. The van der Waals surface area contributed by atoms with E-state index in [1.165, 1.54) is 19.3 Å². The maximum Gasteiger partial charge on any atom is 0.211 e. The first-order valence-corrected chi connectivity index (χ1v) is 6.75. The first-order valence-electron chi connectivity index (χ1n) is 5.09. The van der Waals surface area contributed by atoms with Gasteiger partial charge in [-0.05, 0) is 13.3 Å². The van der Waals surface area contributed by atoms with Crippen LogP contribution >= 0.6 is 0 Å². The lowest BCUT2D eigenvalue weighted by Crippen LogP contribution is -2.26. The summed E-state index contributed by atoms with van der Waals surface area (Å²) >= 11 is 0. The molecule has 0 fully saturated rings. The fraction of sp³-hybridized carbons (Fsp3) is 1.00. The Morgan fingerprint density at radius 3 is 2.15 bits per heavy atom. The number of nitrogens with one attached hydrogen (secondary N) is 1. The minimum absolute atomic E-state index is 0.182. The molecular weight excluding hydrogens is 186 g/mol. The van der Waals surface area contributed by atoms with Gasteiger partial charge in [0, 0.05) is 6.54 Å². The molecule has 0 unspecified atom stereocenters. The van der Waals surface area contributed by atoms with Crippen LogP contribution in [0, 0.1) is 0 Å². The highest BCUT2D eigenvalue weighted by molar-refractivity contribution is 7.89. The van der Waals surface area contributed by atoms with Crippen LogP contribution in [0.3, 0.4) is 0 Å². The van der Waals surface area contributed by atoms with Crippen LogP contribution in [-0.2, 0) is 10.0 Å². The van der Waals surface area contributed by atoms with Crippen molar-refractivity contribution in [1.82, 2.24) is 4.72 Å². The van der Waals surface area contributed by atoms with Gasteiger partial charge in [-0.3, -0.25) is 0 Å². The number of hydrogen-bond donors (Lipinski definition) is 1. The van der Waals surface area contributed by atoms with Gasteiger partial charge in [-0.1, -0.05) is 32.6 Å². The Morgan fingerprint density at radius 2 is 1.62 bits per heavy atom. The van der Waals surface area contributed by atoms with Crippen LogP contribution in [-0.4, -0.2) is 20.7 Å². The summed E-state index contributed by atoms with van der Waals surface area (Å²) in [4.78, 5) is 0. The van der Waals surface area contributed by atoms with Gasteiger partial charge >= 0.3 is 0 Å². The van der Waals surface area contributed by atoms with E-state index in [9.17, 15) is 8.42 Å². The summed E-state index contributed by atoms with van der Waals surface area (Å²) in [5.74, 6) is 0.182. The summed E-state index contributed by atoms with van der Waals surface area (Å²) in [6.07, 6.45) is 5.77. The number of sulfonamides is 1. The van der Waals surface area contributed by atoms with Gasteiger partial charge in [0.05, 0.1) is 5.75 Å². The highest BCUT2D eigenvalue weighted by Crippen LogP contribution is 2.01. The van der Waals surface area contributed by atoms with E-state index in [1.54, 1.807) is 6.92 Å². The van der Waals surface area contributed by atoms with E-state index >= 15 is 0 Å². The van der Waals surface area contributed by atoms with Crippen molar-refractivity contribution in [3.63, 3.8) is 0 Å². The minimum Gasteiger partial charge on any atom is -0.215 e. The first kappa shape index (κ1) is 12.9. The predicted molar refractivity (Wildman–Crippen MR) is 56.2 cm³/mol. The van der Waals surface area contributed by atoms with E-state index in [2.05, 4.69) is 11.6 Å². The van der Waals surface area contributed by atoms with E-state index in [-0.39, 0.29) is 5.75 Å². The molecule has 0 aromatic heterocycles. The van der Waals surface area contributed by atoms with Crippen LogP contribution in [0.15, 0.2) is 0 Å². The van der Waals surface area contributed by atoms with Crippen LogP contribution in [0.2, 0.25) is 0 Å². The Hall–Kier alpha value is -0.0900. The van der Waals surface area contributed by atoms with Crippen LogP contribution < -0.4 is 4.72 Å². The maximum atomic E-state index is 11.0. The Kier molecular flexibility index (Phi) is 7.28. The van der Waals surface area contributed by atoms with Gasteiger partial charge in [0.15, 0.2) is 0 Å². The molecule has 0 radical (unpaired) electrons. The molecular formula is C9H21NO2S. The standard InChI is InChI=1S/C9H21NO2S/c1-3-5-6-7-8-9-10-13(11,12)4-2/h10H,3-9H2,1-2H3. The molecule has 3 nitrogen and oxygen atoms in total. The molecule has 0 atom stereocenters. The molecule has 0 aliphatic heterocycles. The van der Waals surface area contributed by atoms with E-state index in [0.717, 1.165) is 12.8 Å². The Morgan fingerprint density at radius 1 is 1.00 bits per heavy atom. The quantitative estimate of drug-likeness (QED) is 0.618. The predicted octanol–water partition coefficient (Wildman–Crippen LogP) is 1.90. The van der Waals surface area contributed by atoms with E-state index in [4.69, 9.17) is 0 Å². The molecule has 0 spiro atoms. The third-order valence-electron chi connectivity index (χ3n) is 1.98. The second-order valence-electron chi connectivity index (χ2n) is 3.21. The lowest BCUT2D eigenvalue weighted by Gasteiger charge is -2.03. The van der Waals surface area contributed by atoms with E-state index in [1.807, 2.05) is 0 Å². The van der Waals surface area contributed by atoms with Crippen LogP contribution in [0.25, 0.3) is 0 Å². The summed E-state index contributed by atoms with van der Waals surface area (Å²) in [6.45, 7) is 4.42. The van der Waals surface area contributed by atoms with Crippen molar-refractivity contribution in [3.8, 4) is 0 Å². The van der Waals surface area contributed by atoms with Gasteiger partial charge in [0.2, 0.25) is 10.0 Å². The Labute approximate surface area is 82.0 Å². The summed E-state index contributed by atoms with van der Waals surface area (Å²) in [5.41, 5.74) is 0. The normalized spacial score (nSPS) is 11.8. The number of rotatable bonds is 8. The van der Waals surface area contributed by atoms with Crippen LogP contribution in [0.4, 0.5) is 0 Å². The minimum atomic E-state index is -2.96. The lowest BCUT2D eigenvalue weighted by atomic mass is 10.2. The Bertz CT molecular complexity index is 200. The molecule has 0 heterocycles. The molecule has 0 aromatic rings. The van der Waals surface area contributed by atoms with Crippen LogP contribution in [0.1, 0.15) is 46.0 Å². The zero-order chi connectivity index (χ0) is 10.2. The topological polar surface area (TPSA) is 46.2 Å². The van der Waals surface area contributed by atoms with Crippen LogP contribution in [0.5, 0.6) is 0 Å². The highest BCUT2D eigenvalue weighted by atomic mass is 32.2. The van der Waals surface area contributed by atoms with Crippen molar-refractivity contribution in [2.24, 2.45) is 0 Å². The molecule has 0 saturated carbocycles. The first-order chi connectivity index (χ1) is 6.12. The van der Waals surface area contributed by atoms with Crippen molar-refractivity contribution < 1.29 is 8.42 Å². The average molecular weight is 207 g/mol. The second-order valence-corrected chi connectivity index (χ2v) is 5.31. The molecule has 4 heteroatoms. The molecule has 0 saturated heterocycles. The smallest absolute Gasteiger partial charge is 0.211 e. The third kappa shape index (κ3) is 8.25. The molecule has 13 heavy (non-hydrogen) atoms. The summed E-state index contributed by atoms with van der Waals surface area (Å²) in [7, 11) is -2.96. The lowest BCUT2D eigenvalue weighted by molar-refractivity contribution is 0.572. The van der Waals surface area contributed by atoms with Gasteiger partial charge in [-0.25, -0.2) is 13.1 Å². The molecule has 0 rings (SSSR count). The summed E-state index contributed by atoms with van der Waals surface area (Å²) in [5, 5.41) is 0. The molecule has 80 valence electrons. The summed E-state index contributed by atoms with van der Waals surface area (Å²) < 4.78 is 24.5. The molecule has 0 aliphatic rings. The highest BCUT2D eigenvalue weighted by Gasteiger charge is 2.03. The van der Waals surface area contributed by atoms with Gasteiger partial charge in [0.25, 0.3) is 0 Å². The van der Waals surface area contributed by atoms with Crippen molar-refractivity contribution in [2.75, 3.05) is 12.3 Å². The third-order valence-corrected chi connectivity index (χ3v) is 3.39. The van der Waals surface area contributed by atoms with Crippen molar-refractivity contribution in [3.05, 3.63) is 0 Å². The monoisotopic (exact) mass is 207 g/mol. The fourth-order valence-electron chi connectivity index (χ4n) is 1.06. The molecule has 1 N–H and O–H groups in total. The van der Waals surface area contributed by atoms with Gasteiger partial charge in [0.1, 0.15) is 0 Å². The maximum absolute atomic E-state index is 11.0. The number of unbranched alkanes of at least 4 members (excludes halogenated alkanes) is 4. The van der Waals surface area contributed by atoms with Crippen molar-refractivity contribution in [2.45, 2.75) is 46.0 Å². The van der Waals surface area contributed by atoms with E-state index < -0.39 is 10.0 Å². The van der Waals surface area contributed by atoms with Gasteiger partial charge in [-0.2, -0.15) is 0 Å². The van der Waals surface area contributed by atoms with Crippen molar-refractivity contribution >= 4 is 10.0 Å². The molecule has 0 aliphatic carbocycles. The second kappa shape index (κ2) is 7.33. The average Bonchev–Trinajstić information content (AvgIpc) is 2.11. The molecule has 0 bridgehead atoms. The van der Waals surface area contributed by atoms with Gasteiger partial charge in [-0.15, -0.1) is 0 Å². The van der Waals surface area contributed by atoms with Gasteiger partial charge < -0.3 is 0 Å². The summed E-state index contributed by atoms with van der Waals surface area (Å²) in [6, 6.07) is 0.